The molecular formula is C28H25BF10N. The number of hydrogen-bond donors (Lipinski definition) is 1. The van der Waals surface area contributed by atoms with Crippen molar-refractivity contribution in [1.29, 1.82) is 0 Å². The second-order valence-electron chi connectivity index (χ2n) is 11.4. The van der Waals surface area contributed by atoms with Gasteiger partial charge in [0, 0.05) is 12.8 Å². The molecule has 0 aromatic heterocycles. The summed E-state index contributed by atoms with van der Waals surface area (Å²) in [5, 5.41) is 0. The zero-order valence-electron chi connectivity index (χ0n) is 22.0. The van der Waals surface area contributed by atoms with Crippen LogP contribution in [0.2, 0.25) is 0 Å². The molecule has 0 amide bonds. The van der Waals surface area contributed by atoms with E-state index >= 15 is 17.6 Å². The molecule has 0 saturated carbocycles. The van der Waals surface area contributed by atoms with Gasteiger partial charge in [0.1, 0.15) is 29.8 Å². The van der Waals surface area contributed by atoms with Crippen molar-refractivity contribution in [2.75, 3.05) is 0 Å². The maximum absolute atomic E-state index is 15.2. The molecule has 215 valence electrons. The molecule has 1 aliphatic heterocycles. The van der Waals surface area contributed by atoms with Crippen LogP contribution in [0.3, 0.4) is 0 Å². The normalized spacial score (nSPS) is 17.1. The van der Waals surface area contributed by atoms with Gasteiger partial charge in [-0.25, -0.2) is 49.4 Å². The van der Waals surface area contributed by atoms with Gasteiger partial charge < -0.3 is 4.90 Å². The third-order valence-corrected chi connectivity index (χ3v) is 8.04. The van der Waals surface area contributed by atoms with Crippen LogP contribution in [0.1, 0.15) is 52.5 Å². The van der Waals surface area contributed by atoms with Gasteiger partial charge in [-0.05, 0) is 46.4 Å². The molecular weight excluding hydrogens is 551 g/mol. The van der Waals surface area contributed by atoms with E-state index in [1.165, 1.54) is 18.2 Å². The number of halogens is 10. The zero-order chi connectivity index (χ0) is 29.9. The SMILES string of the molecule is CC1(C)CCCC(C)(C)[NH+]1Cc1ccccc1[B-](c1c(F)c(F)c(F)c(F)c1F)c1c(F)c(F)c(F)c(F)c1F. The van der Waals surface area contributed by atoms with Crippen molar-refractivity contribution >= 4 is 23.1 Å². The van der Waals surface area contributed by atoms with Crippen LogP contribution < -0.4 is 21.3 Å². The predicted molar refractivity (Wildman–Crippen MR) is 130 cm³/mol. The summed E-state index contributed by atoms with van der Waals surface area (Å²) in [5.74, 6) is -24.6. The molecule has 3 aromatic rings. The van der Waals surface area contributed by atoms with Gasteiger partial charge in [0.25, 0.3) is 0 Å². The first-order chi connectivity index (χ1) is 18.5. The van der Waals surface area contributed by atoms with E-state index in [1.54, 1.807) is 0 Å². The highest BCUT2D eigenvalue weighted by Gasteiger charge is 2.45. The van der Waals surface area contributed by atoms with E-state index in [-0.39, 0.29) is 28.6 Å². The minimum Gasteiger partial charge on any atom is -0.323 e. The van der Waals surface area contributed by atoms with Gasteiger partial charge in [-0.3, -0.25) is 0 Å². The van der Waals surface area contributed by atoms with E-state index in [9.17, 15) is 26.3 Å². The fraction of sp³-hybridized carbons (Fsp3) is 0.357. The Hall–Kier alpha value is -3.02. The second kappa shape index (κ2) is 10.4. The van der Waals surface area contributed by atoms with E-state index in [2.05, 4.69) is 0 Å². The lowest BCUT2D eigenvalue weighted by atomic mass is 9.35. The van der Waals surface area contributed by atoms with E-state index in [0.29, 0.717) is 0 Å². The molecule has 0 bridgehead atoms. The molecule has 12 heteroatoms. The Bertz CT molecular complexity index is 1340. The monoisotopic (exact) mass is 576 g/mol. The molecule has 4 rings (SSSR count). The topological polar surface area (TPSA) is 4.44 Å². The standard InChI is InChI=1S/C28H24BF10N/c1-27(2)10-7-11-28(3,4)40(27)12-13-8-5-6-9-14(13)29(15-17(30)21(34)25(38)22(35)18(15)31)16-19(32)23(36)26(39)24(37)20(16)33/h5-6,8-9H,7,10-12H2,1-4H3/q-1/p+1. The van der Waals surface area contributed by atoms with Crippen molar-refractivity contribution in [2.24, 2.45) is 0 Å². The quantitative estimate of drug-likeness (QED) is 0.194. The van der Waals surface area contributed by atoms with Crippen molar-refractivity contribution in [3.63, 3.8) is 0 Å². The molecule has 1 fully saturated rings. The van der Waals surface area contributed by atoms with Gasteiger partial charge in [-0.1, -0.05) is 24.3 Å². The van der Waals surface area contributed by atoms with E-state index < -0.39 is 75.8 Å². The van der Waals surface area contributed by atoms with Gasteiger partial charge >= 0.3 is 0 Å². The van der Waals surface area contributed by atoms with Gasteiger partial charge in [-0.15, -0.1) is 0 Å². The average molecular weight is 576 g/mol. The van der Waals surface area contributed by atoms with Gasteiger partial charge in [-0.2, -0.15) is 10.9 Å². The van der Waals surface area contributed by atoms with Crippen LogP contribution in [0.5, 0.6) is 0 Å². The van der Waals surface area contributed by atoms with Crippen molar-refractivity contribution in [3.05, 3.63) is 88.0 Å². The third kappa shape index (κ3) is 4.78. The Labute approximate surface area is 224 Å². The average Bonchev–Trinajstić information content (AvgIpc) is 2.90. The number of quaternary nitrogens is 1. The first-order valence-electron chi connectivity index (χ1n) is 12.5. The Morgan fingerprint density at radius 1 is 0.575 bits per heavy atom. The van der Waals surface area contributed by atoms with Crippen LogP contribution in [0.4, 0.5) is 43.9 Å². The van der Waals surface area contributed by atoms with E-state index in [1.807, 2.05) is 27.7 Å². The Balaban J connectivity index is 2.09. The molecule has 1 saturated heterocycles. The Kier molecular flexibility index (Phi) is 7.81. The van der Waals surface area contributed by atoms with Crippen LogP contribution in [-0.4, -0.2) is 17.8 Å². The molecule has 1 aliphatic rings. The molecule has 0 unspecified atom stereocenters. The lowest BCUT2D eigenvalue weighted by Gasteiger charge is -2.50. The minimum atomic E-state index is -2.58. The van der Waals surface area contributed by atoms with Crippen molar-refractivity contribution in [3.8, 4) is 0 Å². The summed E-state index contributed by atoms with van der Waals surface area (Å²) in [4.78, 5) is 0.937. The van der Waals surface area contributed by atoms with Crippen LogP contribution in [0, 0.1) is 58.2 Å². The van der Waals surface area contributed by atoms with E-state index in [0.717, 1.165) is 30.2 Å². The summed E-state index contributed by atoms with van der Waals surface area (Å²) >= 11 is 0. The molecule has 3 aromatic carbocycles. The van der Waals surface area contributed by atoms with Crippen molar-refractivity contribution in [1.82, 2.24) is 0 Å². The Morgan fingerprint density at radius 3 is 1.32 bits per heavy atom. The number of hydrogen-bond acceptors (Lipinski definition) is 0. The van der Waals surface area contributed by atoms with Gasteiger partial charge in [0.15, 0.2) is 34.9 Å². The molecule has 40 heavy (non-hydrogen) atoms. The van der Waals surface area contributed by atoms with Crippen molar-refractivity contribution < 1.29 is 48.8 Å². The largest absolute Gasteiger partial charge is 0.323 e. The van der Waals surface area contributed by atoms with Crippen LogP contribution in [-0.2, 0) is 6.54 Å². The summed E-state index contributed by atoms with van der Waals surface area (Å²) in [5.41, 5.74) is -4.44. The summed E-state index contributed by atoms with van der Waals surface area (Å²) in [6.45, 7) is 5.35. The third-order valence-electron chi connectivity index (χ3n) is 8.04. The molecule has 1 nitrogen and oxygen atoms in total. The lowest BCUT2D eigenvalue weighted by Crippen LogP contribution is -3.25. The molecule has 1 N–H and O–H groups in total. The number of nitrogens with one attached hydrogen (secondary N) is 1. The number of benzene rings is 3. The van der Waals surface area contributed by atoms with E-state index in [4.69, 9.17) is 0 Å². The predicted octanol–water partition coefficient (Wildman–Crippen LogP) is 4.72. The van der Waals surface area contributed by atoms with Crippen LogP contribution in [0.25, 0.3) is 0 Å². The maximum Gasteiger partial charge on any atom is 0.200 e. The second-order valence-corrected chi connectivity index (χ2v) is 11.4. The summed E-state index contributed by atoms with van der Waals surface area (Å²) in [6.07, 6.45) is 2.43. The molecule has 0 spiro atoms. The van der Waals surface area contributed by atoms with Gasteiger partial charge in [0.05, 0.1) is 11.1 Å². The smallest absolute Gasteiger partial charge is 0.200 e. The summed E-state index contributed by atoms with van der Waals surface area (Å²) < 4.78 is 146. The zero-order valence-corrected chi connectivity index (χ0v) is 22.0. The lowest BCUT2D eigenvalue weighted by molar-refractivity contribution is -1.01. The molecule has 1 heterocycles. The first-order valence-corrected chi connectivity index (χ1v) is 12.5. The van der Waals surface area contributed by atoms with Crippen LogP contribution in [0.15, 0.2) is 24.3 Å². The number of likely N-dealkylation sites (tertiary alicyclic amines) is 1. The highest BCUT2D eigenvalue weighted by Crippen LogP contribution is 2.25. The highest BCUT2D eigenvalue weighted by atomic mass is 19.2. The summed E-state index contributed by atoms with van der Waals surface area (Å²) in [6, 6.07) is 5.29. The maximum atomic E-state index is 15.2. The molecule has 0 aliphatic carbocycles. The number of rotatable bonds is 5. The fourth-order valence-corrected chi connectivity index (χ4v) is 6.04. The summed E-state index contributed by atoms with van der Waals surface area (Å²) in [7, 11) is 0. The van der Waals surface area contributed by atoms with Crippen molar-refractivity contribution in [2.45, 2.75) is 64.6 Å². The molecule has 0 atom stereocenters. The first kappa shape index (κ1) is 30.0. The Morgan fingerprint density at radius 2 is 0.925 bits per heavy atom. The highest BCUT2D eigenvalue weighted by molar-refractivity contribution is 6.96. The number of piperidine rings is 1. The fourth-order valence-electron chi connectivity index (χ4n) is 6.04. The van der Waals surface area contributed by atoms with Gasteiger partial charge in [0.2, 0.25) is 0 Å². The van der Waals surface area contributed by atoms with Crippen LogP contribution >= 0.6 is 0 Å². The minimum absolute atomic E-state index is 0.0530. The molecule has 1 radical (unpaired) electrons.